The van der Waals surface area contributed by atoms with E-state index < -0.39 is 6.36 Å². The number of piperazine rings is 1. The molecule has 1 atom stereocenters. The fourth-order valence-electron chi connectivity index (χ4n) is 2.48. The minimum atomic E-state index is -4.67. The van der Waals surface area contributed by atoms with E-state index in [1.165, 1.54) is 6.07 Å². The fraction of sp³-hybridized carbons (Fsp3) is 0.600. The van der Waals surface area contributed by atoms with Crippen LogP contribution in [-0.4, -0.2) is 32.0 Å². The van der Waals surface area contributed by atoms with E-state index >= 15 is 0 Å². The normalized spacial score (nSPS) is 20.5. The summed E-state index contributed by atoms with van der Waals surface area (Å²) in [5.41, 5.74) is 0.531. The van der Waals surface area contributed by atoms with Crippen LogP contribution in [0, 0.1) is 5.41 Å². The molecule has 6 heteroatoms. The maximum atomic E-state index is 12.5. The SMILES string of the molecule is CC(C)(C)C1CN(c2ccccc2OC(F)(F)F)CCN1. The number of ether oxygens (including phenoxy) is 1. The molecule has 0 aliphatic carbocycles. The summed E-state index contributed by atoms with van der Waals surface area (Å²) in [5.74, 6) is -0.139. The summed E-state index contributed by atoms with van der Waals surface area (Å²) in [7, 11) is 0. The molecule has 1 unspecified atom stereocenters. The van der Waals surface area contributed by atoms with E-state index in [9.17, 15) is 13.2 Å². The van der Waals surface area contributed by atoms with Gasteiger partial charge >= 0.3 is 6.36 Å². The first-order valence-corrected chi connectivity index (χ1v) is 7.00. The largest absolute Gasteiger partial charge is 0.573 e. The highest BCUT2D eigenvalue weighted by molar-refractivity contribution is 5.59. The molecule has 1 aromatic rings. The van der Waals surface area contributed by atoms with Crippen molar-refractivity contribution in [3.8, 4) is 5.75 Å². The van der Waals surface area contributed by atoms with Crippen molar-refractivity contribution < 1.29 is 17.9 Å². The fourth-order valence-corrected chi connectivity index (χ4v) is 2.48. The Balaban J connectivity index is 2.21. The highest BCUT2D eigenvalue weighted by Crippen LogP contribution is 2.34. The summed E-state index contributed by atoms with van der Waals surface area (Å²) in [5, 5.41) is 3.42. The predicted molar refractivity (Wildman–Crippen MR) is 76.6 cm³/mol. The van der Waals surface area contributed by atoms with E-state index in [1.54, 1.807) is 18.2 Å². The zero-order chi connectivity index (χ0) is 15.7. The lowest BCUT2D eigenvalue weighted by Crippen LogP contribution is -2.56. The second-order valence-electron chi connectivity index (χ2n) is 6.33. The molecule has 1 aliphatic heterocycles. The Morgan fingerprint density at radius 1 is 1.19 bits per heavy atom. The molecule has 3 nitrogen and oxygen atoms in total. The van der Waals surface area contributed by atoms with Gasteiger partial charge < -0.3 is 15.0 Å². The van der Waals surface area contributed by atoms with Gasteiger partial charge in [0.15, 0.2) is 5.75 Å². The first kappa shape index (κ1) is 15.9. The number of anilines is 1. The molecule has 1 heterocycles. The molecule has 0 saturated carbocycles. The van der Waals surface area contributed by atoms with Crippen LogP contribution in [0.2, 0.25) is 0 Å². The molecule has 0 spiro atoms. The van der Waals surface area contributed by atoms with Gasteiger partial charge in [0.05, 0.1) is 5.69 Å². The van der Waals surface area contributed by atoms with Gasteiger partial charge in [-0.2, -0.15) is 0 Å². The number of alkyl halides is 3. The van der Waals surface area contributed by atoms with Crippen LogP contribution in [0.1, 0.15) is 20.8 Å². The quantitative estimate of drug-likeness (QED) is 0.906. The van der Waals surface area contributed by atoms with E-state index in [4.69, 9.17) is 0 Å². The van der Waals surface area contributed by atoms with Crippen molar-refractivity contribution in [2.45, 2.75) is 33.2 Å². The summed E-state index contributed by atoms with van der Waals surface area (Å²) in [6, 6.07) is 6.52. The number of benzene rings is 1. The monoisotopic (exact) mass is 302 g/mol. The molecular weight excluding hydrogens is 281 g/mol. The second-order valence-corrected chi connectivity index (χ2v) is 6.33. The topological polar surface area (TPSA) is 24.5 Å². The maximum Gasteiger partial charge on any atom is 0.573 e. The van der Waals surface area contributed by atoms with Gasteiger partial charge in [0.1, 0.15) is 0 Å². The summed E-state index contributed by atoms with van der Waals surface area (Å²) < 4.78 is 41.6. The average molecular weight is 302 g/mol. The summed E-state index contributed by atoms with van der Waals surface area (Å²) in [6.45, 7) is 8.40. The number of halogens is 3. The molecule has 0 aromatic heterocycles. The van der Waals surface area contributed by atoms with Gasteiger partial charge in [-0.15, -0.1) is 13.2 Å². The van der Waals surface area contributed by atoms with Gasteiger partial charge in [-0.25, -0.2) is 0 Å². The van der Waals surface area contributed by atoms with Crippen LogP contribution in [-0.2, 0) is 0 Å². The zero-order valence-electron chi connectivity index (χ0n) is 12.5. The molecule has 118 valence electrons. The first-order valence-electron chi connectivity index (χ1n) is 7.00. The maximum absolute atomic E-state index is 12.5. The standard InChI is InChI=1S/C15H21F3N2O/c1-14(2,3)13-10-20(9-8-19-13)11-6-4-5-7-12(11)21-15(16,17)18/h4-7,13,19H,8-10H2,1-3H3. The third-order valence-corrected chi connectivity index (χ3v) is 3.65. The lowest BCUT2D eigenvalue weighted by atomic mass is 9.85. The molecule has 0 radical (unpaired) electrons. The average Bonchev–Trinajstić information content (AvgIpc) is 2.37. The molecule has 0 bridgehead atoms. The van der Waals surface area contributed by atoms with Crippen molar-refractivity contribution in [3.05, 3.63) is 24.3 Å². The molecule has 1 aromatic carbocycles. The van der Waals surface area contributed by atoms with Crippen molar-refractivity contribution in [2.75, 3.05) is 24.5 Å². The Morgan fingerprint density at radius 3 is 2.48 bits per heavy atom. The molecular formula is C15H21F3N2O. The van der Waals surface area contributed by atoms with Gasteiger partial charge in [0.2, 0.25) is 0 Å². The van der Waals surface area contributed by atoms with Gasteiger partial charge in [0, 0.05) is 25.7 Å². The molecule has 2 rings (SSSR count). The van der Waals surface area contributed by atoms with Crippen molar-refractivity contribution in [1.82, 2.24) is 5.32 Å². The van der Waals surface area contributed by atoms with Gasteiger partial charge in [-0.05, 0) is 17.5 Å². The van der Waals surface area contributed by atoms with Crippen LogP contribution >= 0.6 is 0 Å². The number of nitrogens with one attached hydrogen (secondary N) is 1. The molecule has 21 heavy (non-hydrogen) atoms. The minimum absolute atomic E-state index is 0.0402. The number of nitrogens with zero attached hydrogens (tertiary/aromatic N) is 1. The van der Waals surface area contributed by atoms with Crippen LogP contribution in [0.5, 0.6) is 5.75 Å². The van der Waals surface area contributed by atoms with Gasteiger partial charge in [-0.3, -0.25) is 0 Å². The van der Waals surface area contributed by atoms with E-state index in [0.29, 0.717) is 18.8 Å². The van der Waals surface area contributed by atoms with Crippen LogP contribution in [0.25, 0.3) is 0 Å². The predicted octanol–water partition coefficient (Wildman–Crippen LogP) is 3.41. The summed E-state index contributed by atoms with van der Waals surface area (Å²) in [4.78, 5) is 1.95. The molecule has 1 aliphatic rings. The van der Waals surface area contributed by atoms with Crippen molar-refractivity contribution >= 4 is 5.69 Å². The van der Waals surface area contributed by atoms with Crippen molar-refractivity contribution in [1.29, 1.82) is 0 Å². The lowest BCUT2D eigenvalue weighted by molar-refractivity contribution is -0.274. The van der Waals surface area contributed by atoms with Gasteiger partial charge in [-0.1, -0.05) is 32.9 Å². The van der Waals surface area contributed by atoms with Crippen molar-refractivity contribution in [2.24, 2.45) is 5.41 Å². The minimum Gasteiger partial charge on any atom is -0.404 e. The third-order valence-electron chi connectivity index (χ3n) is 3.65. The van der Waals surface area contributed by atoms with E-state index in [2.05, 4.69) is 30.8 Å². The van der Waals surface area contributed by atoms with Crippen LogP contribution in [0.15, 0.2) is 24.3 Å². The van der Waals surface area contributed by atoms with Crippen molar-refractivity contribution in [3.63, 3.8) is 0 Å². The highest BCUT2D eigenvalue weighted by atomic mass is 19.4. The smallest absolute Gasteiger partial charge is 0.404 e. The molecule has 0 amide bonds. The van der Waals surface area contributed by atoms with E-state index in [0.717, 1.165) is 6.54 Å². The molecule has 1 N–H and O–H groups in total. The van der Waals surface area contributed by atoms with E-state index in [-0.39, 0.29) is 17.2 Å². The summed E-state index contributed by atoms with van der Waals surface area (Å²) >= 11 is 0. The molecule has 1 fully saturated rings. The van der Waals surface area contributed by atoms with Gasteiger partial charge in [0.25, 0.3) is 0 Å². The van der Waals surface area contributed by atoms with Crippen LogP contribution in [0.3, 0.4) is 0 Å². The highest BCUT2D eigenvalue weighted by Gasteiger charge is 2.34. The number of para-hydroxylation sites is 2. The lowest BCUT2D eigenvalue weighted by Gasteiger charge is -2.41. The second kappa shape index (κ2) is 5.75. The Morgan fingerprint density at radius 2 is 1.86 bits per heavy atom. The van der Waals surface area contributed by atoms with Crippen LogP contribution < -0.4 is 15.0 Å². The number of hydrogen-bond acceptors (Lipinski definition) is 3. The molecule has 1 saturated heterocycles. The van der Waals surface area contributed by atoms with Crippen LogP contribution in [0.4, 0.5) is 18.9 Å². The number of hydrogen-bond donors (Lipinski definition) is 1. The summed E-state index contributed by atoms with van der Waals surface area (Å²) in [6.07, 6.45) is -4.67. The Bertz CT molecular complexity index is 483. The first-order chi connectivity index (χ1) is 9.67. The third kappa shape index (κ3) is 4.27. The van der Waals surface area contributed by atoms with E-state index in [1.807, 2.05) is 4.90 Å². The Labute approximate surface area is 123 Å². The number of rotatable bonds is 2. The Hall–Kier alpha value is -1.43. The Kier molecular flexibility index (Phi) is 4.37. The zero-order valence-corrected chi connectivity index (χ0v) is 12.5.